The number of anilines is 1. The van der Waals surface area contributed by atoms with Crippen LogP contribution in [-0.2, 0) is 6.42 Å². The molecule has 0 saturated heterocycles. The Morgan fingerprint density at radius 3 is 2.77 bits per heavy atom. The number of benzene rings is 1. The van der Waals surface area contributed by atoms with Crippen molar-refractivity contribution in [2.45, 2.75) is 26.2 Å². The van der Waals surface area contributed by atoms with Gasteiger partial charge in [-0.2, -0.15) is 0 Å². The molecule has 3 aromatic rings. The van der Waals surface area contributed by atoms with Crippen molar-refractivity contribution in [2.24, 2.45) is 0 Å². The zero-order chi connectivity index (χ0) is 18.4. The number of H-pyrrole nitrogens is 1. The maximum absolute atomic E-state index is 12.3. The predicted octanol–water partition coefficient (Wildman–Crippen LogP) is 3.48. The molecule has 1 aromatic carbocycles. The summed E-state index contributed by atoms with van der Waals surface area (Å²) in [6.07, 6.45) is 8.15. The molecule has 0 aliphatic heterocycles. The van der Waals surface area contributed by atoms with Crippen LogP contribution in [0.15, 0.2) is 42.9 Å². The van der Waals surface area contributed by atoms with Crippen LogP contribution in [0.4, 0.5) is 5.95 Å². The Kier molecular flexibility index (Phi) is 5.84. The highest BCUT2D eigenvalue weighted by Gasteiger charge is 2.12. The number of para-hydroxylation sites is 1. The molecular weight excluding hydrogens is 326 g/mol. The molecule has 2 aromatic heterocycles. The minimum atomic E-state index is -0.0382. The molecule has 0 atom stereocenters. The van der Waals surface area contributed by atoms with E-state index in [-0.39, 0.29) is 5.91 Å². The highest BCUT2D eigenvalue weighted by Crippen LogP contribution is 2.18. The third-order valence-electron chi connectivity index (χ3n) is 4.44. The van der Waals surface area contributed by atoms with Crippen LogP contribution >= 0.6 is 0 Å². The van der Waals surface area contributed by atoms with E-state index in [0.29, 0.717) is 11.5 Å². The molecule has 6 heteroatoms. The van der Waals surface area contributed by atoms with Crippen LogP contribution in [-0.4, -0.2) is 45.9 Å². The summed E-state index contributed by atoms with van der Waals surface area (Å²) in [4.78, 5) is 25.8. The highest BCUT2D eigenvalue weighted by atomic mass is 16.2. The van der Waals surface area contributed by atoms with Crippen LogP contribution in [0.2, 0.25) is 0 Å². The minimum absolute atomic E-state index is 0.0382. The lowest BCUT2D eigenvalue weighted by Crippen LogP contribution is -2.28. The highest BCUT2D eigenvalue weighted by molar-refractivity contribution is 5.93. The first-order valence-electron chi connectivity index (χ1n) is 9.05. The summed E-state index contributed by atoms with van der Waals surface area (Å²) in [5.41, 5.74) is 2.93. The van der Waals surface area contributed by atoms with Crippen LogP contribution in [0.25, 0.3) is 10.9 Å². The van der Waals surface area contributed by atoms with Gasteiger partial charge in [0.2, 0.25) is 5.95 Å². The number of rotatable bonds is 8. The van der Waals surface area contributed by atoms with Crippen LogP contribution in [0.1, 0.15) is 35.7 Å². The molecule has 0 radical (unpaired) electrons. The van der Waals surface area contributed by atoms with Crippen molar-refractivity contribution in [1.29, 1.82) is 0 Å². The SMILES string of the molecule is CCCCN(C)C(=O)c1cnc(NCCc2c[nH]c3ccccc23)nc1. The number of fused-ring (bicyclic) bond motifs is 1. The average Bonchev–Trinajstić information content (AvgIpc) is 3.09. The van der Waals surface area contributed by atoms with Gasteiger partial charge in [0.15, 0.2) is 0 Å². The fourth-order valence-corrected chi connectivity index (χ4v) is 2.89. The van der Waals surface area contributed by atoms with Gasteiger partial charge in [0.1, 0.15) is 0 Å². The first kappa shape index (κ1) is 17.9. The van der Waals surface area contributed by atoms with E-state index < -0.39 is 0 Å². The van der Waals surface area contributed by atoms with Gasteiger partial charge in [0, 0.05) is 49.6 Å². The van der Waals surface area contributed by atoms with Crippen LogP contribution in [0.3, 0.4) is 0 Å². The standard InChI is InChI=1S/C20H25N5O/c1-3-4-11-25(2)19(26)16-13-23-20(24-14-16)21-10-9-15-12-22-18-8-6-5-7-17(15)18/h5-8,12-14,22H,3-4,9-11H2,1-2H3,(H,21,23,24). The first-order chi connectivity index (χ1) is 12.7. The van der Waals surface area contributed by atoms with Crippen molar-refractivity contribution >= 4 is 22.8 Å². The molecule has 1 amide bonds. The van der Waals surface area contributed by atoms with Crippen LogP contribution < -0.4 is 5.32 Å². The molecule has 26 heavy (non-hydrogen) atoms. The van der Waals surface area contributed by atoms with E-state index in [0.717, 1.165) is 37.9 Å². The third-order valence-corrected chi connectivity index (χ3v) is 4.44. The van der Waals surface area contributed by atoms with E-state index in [2.05, 4.69) is 39.3 Å². The van der Waals surface area contributed by atoms with Crippen molar-refractivity contribution < 1.29 is 4.79 Å². The van der Waals surface area contributed by atoms with Crippen molar-refractivity contribution in [3.8, 4) is 0 Å². The third kappa shape index (κ3) is 4.20. The van der Waals surface area contributed by atoms with E-state index in [4.69, 9.17) is 0 Å². The van der Waals surface area contributed by atoms with E-state index in [9.17, 15) is 4.79 Å². The lowest BCUT2D eigenvalue weighted by molar-refractivity contribution is 0.0792. The smallest absolute Gasteiger partial charge is 0.256 e. The number of amides is 1. The van der Waals surface area contributed by atoms with E-state index >= 15 is 0 Å². The number of unbranched alkanes of at least 4 members (excludes halogenated alkanes) is 1. The quantitative estimate of drug-likeness (QED) is 0.651. The number of carbonyl (C=O) groups is 1. The van der Waals surface area contributed by atoms with Gasteiger partial charge in [-0.25, -0.2) is 9.97 Å². The summed E-state index contributed by atoms with van der Waals surface area (Å²) in [6.45, 7) is 3.59. The van der Waals surface area contributed by atoms with Gasteiger partial charge < -0.3 is 15.2 Å². The zero-order valence-electron chi connectivity index (χ0n) is 15.3. The summed E-state index contributed by atoms with van der Waals surface area (Å²) >= 11 is 0. The summed E-state index contributed by atoms with van der Waals surface area (Å²) < 4.78 is 0. The van der Waals surface area contributed by atoms with E-state index in [1.165, 1.54) is 10.9 Å². The van der Waals surface area contributed by atoms with Gasteiger partial charge in [0.25, 0.3) is 5.91 Å². The second-order valence-corrected chi connectivity index (χ2v) is 6.41. The van der Waals surface area contributed by atoms with Crippen molar-refractivity contribution in [3.63, 3.8) is 0 Å². The normalized spacial score (nSPS) is 10.8. The molecule has 6 nitrogen and oxygen atoms in total. The summed E-state index contributed by atoms with van der Waals surface area (Å²) in [5.74, 6) is 0.501. The lowest BCUT2D eigenvalue weighted by Gasteiger charge is -2.16. The van der Waals surface area contributed by atoms with Crippen LogP contribution in [0, 0.1) is 0 Å². The van der Waals surface area contributed by atoms with Gasteiger partial charge in [-0.3, -0.25) is 4.79 Å². The summed E-state index contributed by atoms with van der Waals surface area (Å²) in [6, 6.07) is 8.26. The number of aromatic amines is 1. The maximum Gasteiger partial charge on any atom is 0.256 e. The van der Waals surface area contributed by atoms with Gasteiger partial charge in [0.05, 0.1) is 5.56 Å². The number of hydrogen-bond acceptors (Lipinski definition) is 4. The van der Waals surface area contributed by atoms with Gasteiger partial charge in [-0.05, 0) is 24.5 Å². The molecule has 0 unspecified atom stereocenters. The predicted molar refractivity (Wildman–Crippen MR) is 104 cm³/mol. The Balaban J connectivity index is 1.53. The van der Waals surface area contributed by atoms with Gasteiger partial charge in [-0.1, -0.05) is 31.5 Å². The number of nitrogens with zero attached hydrogens (tertiary/aromatic N) is 3. The Bertz CT molecular complexity index is 856. The fraction of sp³-hybridized carbons (Fsp3) is 0.350. The average molecular weight is 351 g/mol. The Hall–Kier alpha value is -2.89. The maximum atomic E-state index is 12.3. The zero-order valence-corrected chi connectivity index (χ0v) is 15.3. The Morgan fingerprint density at radius 1 is 1.23 bits per heavy atom. The molecule has 2 N–H and O–H groups in total. The summed E-state index contributed by atoms with van der Waals surface area (Å²) in [5, 5.41) is 4.46. The second kappa shape index (κ2) is 8.47. The monoisotopic (exact) mass is 351 g/mol. The molecule has 0 aliphatic rings. The first-order valence-corrected chi connectivity index (χ1v) is 9.05. The number of nitrogens with one attached hydrogen (secondary N) is 2. The largest absolute Gasteiger partial charge is 0.361 e. The van der Waals surface area contributed by atoms with Crippen LogP contribution in [0.5, 0.6) is 0 Å². The number of carbonyl (C=O) groups excluding carboxylic acids is 1. The molecule has 0 bridgehead atoms. The molecule has 2 heterocycles. The topological polar surface area (TPSA) is 73.9 Å². The Labute approximate surface area is 153 Å². The Morgan fingerprint density at radius 2 is 2.00 bits per heavy atom. The van der Waals surface area contributed by atoms with Crippen molar-refractivity contribution in [3.05, 3.63) is 54.0 Å². The fourth-order valence-electron chi connectivity index (χ4n) is 2.89. The second-order valence-electron chi connectivity index (χ2n) is 6.41. The van der Waals surface area contributed by atoms with E-state index in [1.54, 1.807) is 17.3 Å². The molecule has 0 fully saturated rings. The van der Waals surface area contributed by atoms with Crippen molar-refractivity contribution in [1.82, 2.24) is 19.9 Å². The molecular formula is C20H25N5O. The molecule has 0 saturated carbocycles. The molecule has 3 rings (SSSR count). The lowest BCUT2D eigenvalue weighted by atomic mass is 10.1. The minimum Gasteiger partial charge on any atom is -0.361 e. The summed E-state index contributed by atoms with van der Waals surface area (Å²) in [7, 11) is 1.81. The molecule has 0 aliphatic carbocycles. The number of hydrogen-bond donors (Lipinski definition) is 2. The van der Waals surface area contributed by atoms with Gasteiger partial charge in [-0.15, -0.1) is 0 Å². The number of aromatic nitrogens is 3. The van der Waals surface area contributed by atoms with Gasteiger partial charge >= 0.3 is 0 Å². The molecule has 136 valence electrons. The molecule has 0 spiro atoms. The van der Waals surface area contributed by atoms with Crippen molar-refractivity contribution in [2.75, 3.05) is 25.5 Å². The van der Waals surface area contributed by atoms with E-state index in [1.807, 2.05) is 25.4 Å².